The Balaban J connectivity index is 2.22. The van der Waals surface area contributed by atoms with Crippen molar-refractivity contribution in [2.45, 2.75) is 6.10 Å². The Morgan fingerprint density at radius 3 is 2.38 bits per heavy atom. The molecule has 0 aliphatic carbocycles. The quantitative estimate of drug-likeness (QED) is 0.702. The molecule has 8 heteroatoms. The molecule has 0 aliphatic rings. The second-order valence-corrected chi connectivity index (χ2v) is 5.93. The first-order valence-electron chi connectivity index (χ1n) is 6.88. The number of methoxy groups -OCH3 is 2. The lowest BCUT2D eigenvalue weighted by molar-refractivity contribution is 0.206. The van der Waals surface area contributed by atoms with Crippen LogP contribution in [0, 0.1) is 11.6 Å². The minimum Gasteiger partial charge on any atom is -0.494 e. The molecule has 3 rings (SSSR count). The maximum absolute atomic E-state index is 14.6. The normalized spacial score (nSPS) is 12.4. The number of aliphatic hydroxyl groups is 1. The van der Waals surface area contributed by atoms with Gasteiger partial charge < -0.3 is 19.6 Å². The fourth-order valence-electron chi connectivity index (χ4n) is 2.52. The Morgan fingerprint density at radius 1 is 1.17 bits per heavy atom. The predicted molar refractivity (Wildman–Crippen MR) is 87.3 cm³/mol. The van der Waals surface area contributed by atoms with Crippen molar-refractivity contribution in [1.82, 2.24) is 9.97 Å². The number of hydrogen-bond acceptors (Lipinski definition) is 4. The molecular weight excluding hydrogens is 386 g/mol. The lowest BCUT2D eigenvalue weighted by Gasteiger charge is -2.16. The van der Waals surface area contributed by atoms with E-state index >= 15 is 0 Å². The number of H-pyrrole nitrogens is 1. The summed E-state index contributed by atoms with van der Waals surface area (Å²) in [5.74, 6) is -2.41. The number of aromatic amines is 1. The van der Waals surface area contributed by atoms with Crippen molar-refractivity contribution in [3.05, 3.63) is 51.8 Å². The van der Waals surface area contributed by atoms with E-state index in [0.29, 0.717) is 15.5 Å². The van der Waals surface area contributed by atoms with Crippen LogP contribution in [-0.4, -0.2) is 29.3 Å². The molecule has 0 saturated carbocycles. The first-order chi connectivity index (χ1) is 11.5. The molecule has 0 fully saturated rings. The van der Waals surface area contributed by atoms with Crippen molar-refractivity contribution in [2.24, 2.45) is 0 Å². The summed E-state index contributed by atoms with van der Waals surface area (Å²) in [6.07, 6.45) is 1.46. The Bertz CT molecular complexity index is 886. The van der Waals surface area contributed by atoms with Crippen molar-refractivity contribution in [3.63, 3.8) is 0 Å². The molecule has 1 aromatic carbocycles. The fourth-order valence-corrected chi connectivity index (χ4v) is 2.86. The van der Waals surface area contributed by atoms with Crippen molar-refractivity contribution in [2.75, 3.05) is 14.2 Å². The number of aromatic nitrogens is 2. The summed E-state index contributed by atoms with van der Waals surface area (Å²) in [7, 11) is 2.50. The van der Waals surface area contributed by atoms with E-state index < -0.39 is 23.3 Å². The second-order valence-electron chi connectivity index (χ2n) is 5.02. The number of halogens is 3. The maximum Gasteiger partial charge on any atom is 0.174 e. The highest BCUT2D eigenvalue weighted by atomic mass is 79.9. The maximum atomic E-state index is 14.6. The van der Waals surface area contributed by atoms with Crippen LogP contribution in [0.3, 0.4) is 0 Å². The summed E-state index contributed by atoms with van der Waals surface area (Å²) in [6.45, 7) is 0. The van der Waals surface area contributed by atoms with Gasteiger partial charge in [0, 0.05) is 33.9 Å². The van der Waals surface area contributed by atoms with E-state index in [4.69, 9.17) is 9.47 Å². The number of hydrogen-bond donors (Lipinski definition) is 2. The lowest BCUT2D eigenvalue weighted by atomic mass is 9.99. The highest BCUT2D eigenvalue weighted by molar-refractivity contribution is 9.10. The zero-order chi connectivity index (χ0) is 17.4. The number of pyridine rings is 1. The van der Waals surface area contributed by atoms with E-state index in [0.717, 1.165) is 6.07 Å². The Hall–Kier alpha value is -2.19. The number of fused-ring (bicyclic) bond motifs is 1. The first kappa shape index (κ1) is 16.7. The standard InChI is InChI=1S/C16H13BrF2N2O3/c1-23-10-4-11(24-2)14(19)12(13(10)18)15(22)9-6-21-16-8(9)3-7(17)5-20-16/h3-6,15,22H,1-2H3,(H,20,21). The highest BCUT2D eigenvalue weighted by Crippen LogP contribution is 2.38. The van der Waals surface area contributed by atoms with E-state index in [1.165, 1.54) is 20.4 Å². The number of ether oxygens (including phenoxy) is 2. The van der Waals surface area contributed by atoms with Gasteiger partial charge in [0.25, 0.3) is 0 Å². The molecule has 0 bridgehead atoms. The number of benzene rings is 1. The molecule has 0 spiro atoms. The summed E-state index contributed by atoms with van der Waals surface area (Å²) in [4.78, 5) is 7.00. The number of nitrogens with one attached hydrogen (secondary N) is 1. The molecule has 126 valence electrons. The number of aliphatic hydroxyl groups excluding tert-OH is 1. The van der Waals surface area contributed by atoms with Crippen LogP contribution in [0.15, 0.2) is 29.0 Å². The predicted octanol–water partition coefficient (Wildman–Crippen LogP) is 3.70. The zero-order valence-electron chi connectivity index (χ0n) is 12.7. The van der Waals surface area contributed by atoms with Crippen LogP contribution in [0.2, 0.25) is 0 Å². The van der Waals surface area contributed by atoms with Crippen LogP contribution in [0.4, 0.5) is 8.78 Å². The van der Waals surface area contributed by atoms with Gasteiger partial charge in [-0.3, -0.25) is 0 Å². The highest BCUT2D eigenvalue weighted by Gasteiger charge is 2.28. The van der Waals surface area contributed by atoms with E-state index in [1.807, 2.05) is 0 Å². The third-order valence-electron chi connectivity index (χ3n) is 3.71. The number of nitrogens with zero attached hydrogens (tertiary/aromatic N) is 1. The summed E-state index contributed by atoms with van der Waals surface area (Å²) >= 11 is 3.29. The first-order valence-corrected chi connectivity index (χ1v) is 7.67. The van der Waals surface area contributed by atoms with Crippen molar-refractivity contribution >= 4 is 27.0 Å². The smallest absolute Gasteiger partial charge is 0.174 e. The SMILES string of the molecule is COc1cc(OC)c(F)c(C(O)c2c[nH]c3ncc(Br)cc23)c1F. The van der Waals surface area contributed by atoms with Gasteiger partial charge in [-0.1, -0.05) is 0 Å². The van der Waals surface area contributed by atoms with E-state index in [2.05, 4.69) is 25.9 Å². The largest absolute Gasteiger partial charge is 0.494 e. The van der Waals surface area contributed by atoms with E-state index in [9.17, 15) is 13.9 Å². The molecule has 0 amide bonds. The van der Waals surface area contributed by atoms with Crippen LogP contribution in [-0.2, 0) is 0 Å². The van der Waals surface area contributed by atoms with Crippen molar-refractivity contribution in [3.8, 4) is 11.5 Å². The van der Waals surface area contributed by atoms with Crippen LogP contribution < -0.4 is 9.47 Å². The molecule has 0 radical (unpaired) electrons. The minimum absolute atomic E-state index is 0.221. The topological polar surface area (TPSA) is 67.4 Å². The van der Waals surface area contributed by atoms with Gasteiger partial charge >= 0.3 is 0 Å². The van der Waals surface area contributed by atoms with E-state index in [1.54, 1.807) is 12.3 Å². The molecule has 24 heavy (non-hydrogen) atoms. The molecular formula is C16H13BrF2N2O3. The lowest BCUT2D eigenvalue weighted by Crippen LogP contribution is -2.08. The third kappa shape index (κ3) is 2.61. The second kappa shape index (κ2) is 6.37. The van der Waals surface area contributed by atoms with Gasteiger partial charge in [0.1, 0.15) is 11.8 Å². The van der Waals surface area contributed by atoms with Gasteiger partial charge in [0.2, 0.25) is 0 Å². The van der Waals surface area contributed by atoms with Crippen LogP contribution in [0.1, 0.15) is 17.2 Å². The van der Waals surface area contributed by atoms with Crippen molar-refractivity contribution in [1.29, 1.82) is 0 Å². The molecule has 0 aliphatic heterocycles. The Labute approximate surface area is 144 Å². The van der Waals surface area contributed by atoms with E-state index in [-0.39, 0.29) is 17.1 Å². The Morgan fingerprint density at radius 2 is 1.79 bits per heavy atom. The van der Waals surface area contributed by atoms with Crippen LogP contribution in [0.5, 0.6) is 11.5 Å². The summed E-state index contributed by atoms with van der Waals surface area (Å²) in [5, 5.41) is 11.2. The summed E-state index contributed by atoms with van der Waals surface area (Å²) < 4.78 is 39.6. The summed E-state index contributed by atoms with van der Waals surface area (Å²) in [5.41, 5.74) is 0.224. The molecule has 0 saturated heterocycles. The fraction of sp³-hybridized carbons (Fsp3) is 0.188. The Kier molecular flexibility index (Phi) is 4.42. The average molecular weight is 399 g/mol. The van der Waals surface area contributed by atoms with Gasteiger partial charge in [-0.25, -0.2) is 13.8 Å². The summed E-state index contributed by atoms with van der Waals surface area (Å²) in [6, 6.07) is 2.79. The van der Waals surface area contributed by atoms with Crippen LogP contribution in [0.25, 0.3) is 11.0 Å². The number of rotatable bonds is 4. The van der Waals surface area contributed by atoms with Crippen LogP contribution >= 0.6 is 15.9 Å². The van der Waals surface area contributed by atoms with Crippen molar-refractivity contribution < 1.29 is 23.4 Å². The molecule has 5 nitrogen and oxygen atoms in total. The molecule has 3 aromatic rings. The molecule has 1 atom stereocenters. The average Bonchev–Trinajstić information content (AvgIpc) is 2.98. The minimum atomic E-state index is -1.57. The van der Waals surface area contributed by atoms with Gasteiger partial charge in [0.15, 0.2) is 23.1 Å². The molecule has 2 N–H and O–H groups in total. The zero-order valence-corrected chi connectivity index (χ0v) is 14.3. The van der Waals surface area contributed by atoms with Gasteiger partial charge in [-0.2, -0.15) is 0 Å². The third-order valence-corrected chi connectivity index (χ3v) is 4.14. The molecule has 1 unspecified atom stereocenters. The molecule has 2 aromatic heterocycles. The van der Waals surface area contributed by atoms with Gasteiger partial charge in [0.05, 0.1) is 19.8 Å². The van der Waals surface area contributed by atoms with Gasteiger partial charge in [-0.05, 0) is 22.0 Å². The monoisotopic (exact) mass is 398 g/mol. The molecule has 2 heterocycles. The van der Waals surface area contributed by atoms with Gasteiger partial charge in [-0.15, -0.1) is 0 Å².